The topological polar surface area (TPSA) is 75.6 Å². The first-order valence-electron chi connectivity index (χ1n) is 6.02. The van der Waals surface area contributed by atoms with E-state index in [2.05, 4.69) is 0 Å². The number of aromatic hydroxyl groups is 1. The molecule has 0 fully saturated rings. The van der Waals surface area contributed by atoms with Crippen LogP contribution in [-0.2, 0) is 10.0 Å². The smallest absolute Gasteiger partial charge is 1.00 e. The molecule has 0 heterocycles. The van der Waals surface area contributed by atoms with Crippen molar-refractivity contribution < 1.29 is 93.0 Å². The van der Waals surface area contributed by atoms with Crippen molar-refractivity contribution in [3.63, 3.8) is 0 Å². The van der Waals surface area contributed by atoms with Crippen molar-refractivity contribution in [1.82, 2.24) is 0 Å². The molecule has 0 saturated heterocycles. The van der Waals surface area contributed by atoms with Crippen LogP contribution in [0.5, 0.6) is 11.5 Å². The van der Waals surface area contributed by atoms with Crippen LogP contribution in [-0.4, -0.2) is 20.6 Å². The van der Waals surface area contributed by atoms with Crippen LogP contribution in [0, 0.1) is 29.1 Å². The third kappa shape index (κ3) is 4.09. The second kappa shape index (κ2) is 8.18. The number of methoxy groups -OCH3 is 1. The number of hydrogen-bond acceptors (Lipinski definition) is 4. The van der Waals surface area contributed by atoms with Gasteiger partial charge in [-0.25, -0.2) is 30.4 Å². The molecule has 0 aliphatic rings. The Morgan fingerprint density at radius 1 is 1.00 bits per heavy atom. The molecule has 0 atom stereocenters. The Morgan fingerprint density at radius 3 is 1.96 bits per heavy atom. The third-order valence-electron chi connectivity index (χ3n) is 2.90. The molecule has 0 aliphatic heterocycles. The maximum atomic E-state index is 13.6. The summed E-state index contributed by atoms with van der Waals surface area (Å²) in [6, 6.07) is 3.45. The van der Waals surface area contributed by atoms with Crippen LogP contribution in [0.2, 0.25) is 0 Å². The summed E-state index contributed by atoms with van der Waals surface area (Å²) in [4.78, 5) is -2.07. The summed E-state index contributed by atoms with van der Waals surface area (Å²) in [5.74, 6) is -13.3. The molecular weight excluding hydrogens is 400 g/mol. The summed E-state index contributed by atoms with van der Waals surface area (Å²) >= 11 is 0. The quantitative estimate of drug-likeness (QED) is 0.245. The minimum absolute atomic E-state index is 0. The van der Waals surface area contributed by atoms with Crippen LogP contribution in [0.25, 0.3) is 0 Å². The standard InChI is InChI=1S/C13H8F5NO4S.K.H/c1-23-6-4-2-3-5(12(6)20)19-24(21,22)13-10(17)8(15)7(14)9(16)11(13)18;;/h2-4,19-20H,1H3;;/q;+1;-1. The Balaban J connectivity index is 0.00000312. The number of ether oxygens (including phenoxy) is 1. The molecule has 2 aromatic rings. The molecule has 2 N–H and O–H groups in total. The van der Waals surface area contributed by atoms with Gasteiger partial charge in [0.1, 0.15) is 0 Å². The molecule has 12 heteroatoms. The van der Waals surface area contributed by atoms with E-state index < -0.39 is 55.4 Å². The summed E-state index contributed by atoms with van der Waals surface area (Å²) in [5.41, 5.74) is -0.585. The molecule has 0 unspecified atom stereocenters. The number of anilines is 1. The average molecular weight is 409 g/mol. The Kier molecular flexibility index (Phi) is 7.24. The number of para-hydroxylation sites is 1. The van der Waals surface area contributed by atoms with Gasteiger partial charge in [0, 0.05) is 0 Å². The number of phenols is 1. The van der Waals surface area contributed by atoms with Crippen LogP contribution in [0.4, 0.5) is 27.6 Å². The molecule has 0 aliphatic carbocycles. The molecule has 0 saturated carbocycles. The fraction of sp³-hybridized carbons (Fsp3) is 0.0769. The molecule has 2 rings (SSSR count). The normalized spacial score (nSPS) is 11.0. The van der Waals surface area contributed by atoms with Gasteiger partial charge < -0.3 is 11.3 Å². The number of rotatable bonds is 4. The number of hydrogen-bond donors (Lipinski definition) is 2. The van der Waals surface area contributed by atoms with E-state index in [1.807, 2.05) is 0 Å². The predicted octanol–water partition coefficient (Wildman–Crippen LogP) is 0.0136. The van der Waals surface area contributed by atoms with Gasteiger partial charge in [-0.2, -0.15) is 0 Å². The van der Waals surface area contributed by atoms with Gasteiger partial charge in [0.15, 0.2) is 39.7 Å². The van der Waals surface area contributed by atoms with Crippen LogP contribution < -0.4 is 60.8 Å². The number of nitrogens with one attached hydrogen (secondary N) is 1. The van der Waals surface area contributed by atoms with Gasteiger partial charge >= 0.3 is 51.4 Å². The van der Waals surface area contributed by atoms with Crippen molar-refractivity contribution in [3.8, 4) is 11.5 Å². The maximum absolute atomic E-state index is 13.6. The number of benzene rings is 2. The average Bonchev–Trinajstić information content (AvgIpc) is 2.52. The third-order valence-corrected chi connectivity index (χ3v) is 4.29. The maximum Gasteiger partial charge on any atom is 1.00 e. The van der Waals surface area contributed by atoms with E-state index in [4.69, 9.17) is 4.74 Å². The number of halogens is 5. The fourth-order valence-electron chi connectivity index (χ4n) is 1.79. The van der Waals surface area contributed by atoms with Crippen molar-refractivity contribution in [3.05, 3.63) is 47.3 Å². The van der Waals surface area contributed by atoms with Gasteiger partial charge in [0.2, 0.25) is 5.82 Å². The second-order valence-corrected chi connectivity index (χ2v) is 5.98. The molecule has 5 nitrogen and oxygen atoms in total. The first-order chi connectivity index (χ1) is 11.1. The molecule has 25 heavy (non-hydrogen) atoms. The van der Waals surface area contributed by atoms with E-state index in [0.29, 0.717) is 0 Å². The predicted molar refractivity (Wildman–Crippen MR) is 72.8 cm³/mol. The van der Waals surface area contributed by atoms with E-state index in [0.717, 1.165) is 13.2 Å². The zero-order chi connectivity index (χ0) is 18.2. The van der Waals surface area contributed by atoms with Gasteiger partial charge in [0.25, 0.3) is 10.0 Å². The van der Waals surface area contributed by atoms with Crippen LogP contribution in [0.15, 0.2) is 23.1 Å². The van der Waals surface area contributed by atoms with E-state index in [1.54, 1.807) is 0 Å². The van der Waals surface area contributed by atoms with Crippen LogP contribution >= 0.6 is 0 Å². The fourth-order valence-corrected chi connectivity index (χ4v) is 2.99. The van der Waals surface area contributed by atoms with Crippen molar-refractivity contribution in [2.24, 2.45) is 0 Å². The van der Waals surface area contributed by atoms with Crippen LogP contribution in [0.1, 0.15) is 1.43 Å². The Bertz CT molecular complexity index is 900. The first-order valence-corrected chi connectivity index (χ1v) is 7.50. The van der Waals surface area contributed by atoms with Crippen molar-refractivity contribution in [2.45, 2.75) is 4.90 Å². The monoisotopic (exact) mass is 409 g/mol. The van der Waals surface area contributed by atoms with Crippen molar-refractivity contribution in [1.29, 1.82) is 0 Å². The van der Waals surface area contributed by atoms with E-state index in [1.165, 1.54) is 16.9 Å². The van der Waals surface area contributed by atoms with Gasteiger partial charge in [-0.3, -0.25) is 4.72 Å². The molecule has 0 aromatic heterocycles. The minimum atomic E-state index is -5.25. The van der Waals surface area contributed by atoms with E-state index >= 15 is 0 Å². The number of phenolic OH excluding ortho intramolecular Hbond substituents is 1. The molecule has 0 amide bonds. The SMILES string of the molecule is COc1cccc(NS(=O)(=O)c2c(F)c(F)c(F)c(F)c2F)c1O.[H-].[K+]. The largest absolute Gasteiger partial charge is 1.00 e. The molecular formula is C13H9F5KNO4S. The van der Waals surface area contributed by atoms with Crippen molar-refractivity contribution >= 4 is 15.7 Å². The molecule has 0 radical (unpaired) electrons. The van der Waals surface area contributed by atoms with E-state index in [-0.39, 0.29) is 58.6 Å². The second-order valence-electron chi connectivity index (χ2n) is 4.36. The summed E-state index contributed by atoms with van der Waals surface area (Å²) in [7, 11) is -4.10. The molecule has 2 aromatic carbocycles. The molecule has 0 bridgehead atoms. The zero-order valence-corrected chi connectivity index (χ0v) is 16.6. The minimum Gasteiger partial charge on any atom is -1.00 e. The molecule has 0 spiro atoms. The first kappa shape index (κ1) is 22.1. The Morgan fingerprint density at radius 2 is 1.48 bits per heavy atom. The zero-order valence-electron chi connectivity index (χ0n) is 13.7. The van der Waals surface area contributed by atoms with Gasteiger partial charge in [-0.1, -0.05) is 6.07 Å². The summed E-state index contributed by atoms with van der Waals surface area (Å²) in [5, 5.41) is 9.74. The van der Waals surface area contributed by atoms with Gasteiger partial charge in [0.05, 0.1) is 12.8 Å². The van der Waals surface area contributed by atoms with Crippen LogP contribution in [0.3, 0.4) is 0 Å². The van der Waals surface area contributed by atoms with E-state index in [9.17, 15) is 35.5 Å². The Labute approximate surface area is 182 Å². The van der Waals surface area contributed by atoms with Gasteiger partial charge in [-0.15, -0.1) is 0 Å². The van der Waals surface area contributed by atoms with Crippen molar-refractivity contribution in [2.75, 3.05) is 11.8 Å². The summed E-state index contributed by atoms with van der Waals surface area (Å²) in [6.45, 7) is 0. The summed E-state index contributed by atoms with van der Waals surface area (Å²) in [6.07, 6.45) is 0. The van der Waals surface area contributed by atoms with Gasteiger partial charge in [-0.05, 0) is 12.1 Å². The summed E-state index contributed by atoms with van der Waals surface area (Å²) < 4.78 is 96.8. The number of sulfonamides is 1. The molecule has 132 valence electrons. The Hall–Kier alpha value is -0.924.